The minimum Gasteiger partial charge on any atom is -0.332 e. The number of thiocarbonyl (C=S) groups is 1. The number of halogens is 1. The fraction of sp³-hybridized carbons (Fsp3) is 0.160. The smallest absolute Gasteiger partial charge is 0.237 e. The molecule has 0 saturated heterocycles. The topological polar surface area (TPSA) is 70.2 Å². The van der Waals surface area contributed by atoms with Gasteiger partial charge in [-0.2, -0.15) is 0 Å². The zero-order valence-corrected chi connectivity index (χ0v) is 22.0. The van der Waals surface area contributed by atoms with Gasteiger partial charge in [0.25, 0.3) is 0 Å². The van der Waals surface area contributed by atoms with E-state index in [0.717, 1.165) is 25.5 Å². The van der Waals surface area contributed by atoms with E-state index in [9.17, 15) is 9.59 Å². The monoisotopic (exact) mass is 589 g/mol. The van der Waals surface area contributed by atoms with Crippen LogP contribution in [0.5, 0.6) is 0 Å². The molecule has 3 rings (SSSR count). The molecule has 0 aromatic heterocycles. The summed E-state index contributed by atoms with van der Waals surface area (Å²) in [5, 5.41) is 9.51. The lowest BCUT2D eigenvalue weighted by Gasteiger charge is -2.16. The van der Waals surface area contributed by atoms with Crippen molar-refractivity contribution in [3.05, 3.63) is 81.9 Å². The number of hydrogen-bond acceptors (Lipinski definition) is 4. The highest BCUT2D eigenvalue weighted by Crippen LogP contribution is 2.29. The van der Waals surface area contributed by atoms with E-state index in [1.165, 1.54) is 18.7 Å². The van der Waals surface area contributed by atoms with E-state index < -0.39 is 0 Å². The van der Waals surface area contributed by atoms with E-state index >= 15 is 0 Å². The number of ketones is 1. The molecule has 1 unspecified atom stereocenters. The lowest BCUT2D eigenvalue weighted by Crippen LogP contribution is -2.24. The lowest BCUT2D eigenvalue weighted by atomic mass is 10.1. The Morgan fingerprint density at radius 1 is 0.909 bits per heavy atom. The highest BCUT2D eigenvalue weighted by molar-refractivity contribution is 14.1. The van der Waals surface area contributed by atoms with Crippen LogP contribution < -0.4 is 16.0 Å². The van der Waals surface area contributed by atoms with Crippen molar-refractivity contribution in [1.82, 2.24) is 0 Å². The Kier molecular flexibility index (Phi) is 9.28. The molecule has 0 aliphatic heterocycles. The van der Waals surface area contributed by atoms with E-state index in [-0.39, 0.29) is 16.9 Å². The summed E-state index contributed by atoms with van der Waals surface area (Å²) in [5.41, 5.74) is 3.07. The van der Waals surface area contributed by atoms with Gasteiger partial charge >= 0.3 is 0 Å². The molecule has 0 saturated carbocycles. The maximum absolute atomic E-state index is 12.8. The summed E-state index contributed by atoms with van der Waals surface area (Å²) in [7, 11) is 0. The van der Waals surface area contributed by atoms with E-state index in [4.69, 9.17) is 12.2 Å². The Morgan fingerprint density at radius 3 is 2.15 bits per heavy atom. The molecule has 170 valence electrons. The van der Waals surface area contributed by atoms with Crippen molar-refractivity contribution >= 4 is 80.4 Å². The Hall–Kier alpha value is -2.43. The molecule has 1 atom stereocenters. The Labute approximate surface area is 217 Å². The predicted molar refractivity (Wildman–Crippen MR) is 150 cm³/mol. The van der Waals surface area contributed by atoms with Gasteiger partial charge in [0.1, 0.15) is 0 Å². The van der Waals surface area contributed by atoms with Gasteiger partial charge in [0, 0.05) is 31.1 Å². The SMILES string of the molecule is CCC(Sc1cccc(NC(=S)Nc2ccc(C(C)=O)cc2)c1)C(=O)Nc1ccc(I)cc1. The summed E-state index contributed by atoms with van der Waals surface area (Å²) >= 11 is 9.18. The molecule has 0 radical (unpaired) electrons. The van der Waals surface area contributed by atoms with E-state index in [1.54, 1.807) is 12.1 Å². The first-order valence-electron chi connectivity index (χ1n) is 10.4. The van der Waals surface area contributed by atoms with Crippen molar-refractivity contribution in [2.45, 2.75) is 30.4 Å². The van der Waals surface area contributed by atoms with Crippen molar-refractivity contribution in [2.24, 2.45) is 0 Å². The number of rotatable bonds is 8. The van der Waals surface area contributed by atoms with Crippen molar-refractivity contribution in [3.63, 3.8) is 0 Å². The molecule has 0 heterocycles. The molecule has 0 bridgehead atoms. The normalized spacial score (nSPS) is 11.4. The first-order chi connectivity index (χ1) is 15.8. The number of Topliss-reactive ketones (excluding diaryl/α,β-unsaturated/α-hetero) is 1. The fourth-order valence-electron chi connectivity index (χ4n) is 2.97. The van der Waals surface area contributed by atoms with E-state index in [0.29, 0.717) is 17.1 Å². The zero-order valence-electron chi connectivity index (χ0n) is 18.2. The molecule has 8 heteroatoms. The second-order valence-electron chi connectivity index (χ2n) is 7.25. The van der Waals surface area contributed by atoms with Crippen LogP contribution in [0, 0.1) is 3.57 Å². The van der Waals surface area contributed by atoms with Gasteiger partial charge in [-0.3, -0.25) is 9.59 Å². The summed E-state index contributed by atoms with van der Waals surface area (Å²) in [6.45, 7) is 3.54. The number of amides is 1. The predicted octanol–water partition coefficient (Wildman–Crippen LogP) is 6.81. The quantitative estimate of drug-likeness (QED) is 0.116. The van der Waals surface area contributed by atoms with Crippen LogP contribution in [0.3, 0.4) is 0 Å². The van der Waals surface area contributed by atoms with Crippen molar-refractivity contribution in [3.8, 4) is 0 Å². The maximum atomic E-state index is 12.8. The molecule has 5 nitrogen and oxygen atoms in total. The minimum atomic E-state index is -0.218. The molecule has 0 spiro atoms. The highest BCUT2D eigenvalue weighted by Gasteiger charge is 2.18. The number of anilines is 3. The van der Waals surface area contributed by atoms with Crippen molar-refractivity contribution < 1.29 is 9.59 Å². The average Bonchev–Trinajstić information content (AvgIpc) is 2.79. The molecule has 3 aromatic carbocycles. The molecular formula is C25H24IN3O2S2. The molecule has 3 aromatic rings. The van der Waals surface area contributed by atoms with Crippen LogP contribution in [0.15, 0.2) is 77.7 Å². The van der Waals surface area contributed by atoms with Gasteiger partial charge in [0.2, 0.25) is 5.91 Å². The van der Waals surface area contributed by atoms with Gasteiger partial charge in [0.15, 0.2) is 10.9 Å². The second-order valence-corrected chi connectivity index (χ2v) is 10.2. The van der Waals surface area contributed by atoms with Crippen molar-refractivity contribution in [2.75, 3.05) is 16.0 Å². The summed E-state index contributed by atoms with van der Waals surface area (Å²) < 4.78 is 1.12. The third-order valence-corrected chi connectivity index (χ3v) is 6.98. The molecule has 0 fully saturated rings. The number of carbonyl (C=O) groups is 2. The lowest BCUT2D eigenvalue weighted by molar-refractivity contribution is -0.115. The van der Waals surface area contributed by atoms with Crippen LogP contribution in [-0.2, 0) is 4.79 Å². The van der Waals surface area contributed by atoms with Crippen molar-refractivity contribution in [1.29, 1.82) is 0 Å². The van der Waals surface area contributed by atoms with Crippen LogP contribution in [0.4, 0.5) is 17.1 Å². The third-order valence-electron chi connectivity index (χ3n) is 4.69. The Morgan fingerprint density at radius 2 is 1.52 bits per heavy atom. The fourth-order valence-corrected chi connectivity index (χ4v) is 4.58. The average molecular weight is 590 g/mol. The van der Waals surface area contributed by atoms with Gasteiger partial charge in [-0.25, -0.2) is 0 Å². The summed E-state index contributed by atoms with van der Waals surface area (Å²) in [6.07, 6.45) is 0.703. The second kappa shape index (κ2) is 12.2. The van der Waals surface area contributed by atoms with E-state index in [1.807, 2.05) is 67.6 Å². The number of hydrogen-bond donors (Lipinski definition) is 3. The molecule has 0 aliphatic rings. The van der Waals surface area contributed by atoms with Gasteiger partial charge in [0.05, 0.1) is 5.25 Å². The third kappa shape index (κ3) is 7.83. The Bertz CT molecular complexity index is 1140. The number of benzene rings is 3. The Balaban J connectivity index is 1.59. The molecule has 0 aliphatic carbocycles. The summed E-state index contributed by atoms with van der Waals surface area (Å²) in [4.78, 5) is 25.1. The molecule has 3 N–H and O–H groups in total. The first kappa shape index (κ1) is 25.2. The standard InChI is InChI=1S/C25H24IN3O2S2/c1-3-23(24(31)27-19-13-9-18(26)10-14-19)33-22-6-4-5-21(15-22)29-25(32)28-20-11-7-17(8-12-20)16(2)30/h4-15,23H,3H2,1-2H3,(H,27,31)(H2,28,29,32). The van der Waals surface area contributed by atoms with Crippen LogP contribution in [0.2, 0.25) is 0 Å². The van der Waals surface area contributed by atoms with Crippen LogP contribution in [-0.4, -0.2) is 22.1 Å². The van der Waals surface area contributed by atoms with Gasteiger partial charge in [-0.1, -0.05) is 13.0 Å². The van der Waals surface area contributed by atoms with Crippen LogP contribution in [0.1, 0.15) is 30.6 Å². The van der Waals surface area contributed by atoms with Crippen LogP contribution >= 0.6 is 46.6 Å². The van der Waals surface area contributed by atoms with Gasteiger partial charge < -0.3 is 16.0 Å². The van der Waals surface area contributed by atoms with Gasteiger partial charge in [-0.15, -0.1) is 11.8 Å². The van der Waals surface area contributed by atoms with Gasteiger partial charge in [-0.05, 0) is 115 Å². The summed E-state index contributed by atoms with van der Waals surface area (Å²) in [5.74, 6) is 0.00226. The van der Waals surface area contributed by atoms with E-state index in [2.05, 4.69) is 38.5 Å². The van der Waals surface area contributed by atoms with Crippen LogP contribution in [0.25, 0.3) is 0 Å². The molecule has 33 heavy (non-hydrogen) atoms. The first-order valence-corrected chi connectivity index (χ1v) is 12.7. The molecule has 1 amide bonds. The minimum absolute atomic E-state index is 0.0201. The highest BCUT2D eigenvalue weighted by atomic mass is 127. The number of thioether (sulfide) groups is 1. The number of nitrogens with one attached hydrogen (secondary N) is 3. The molecular weight excluding hydrogens is 565 g/mol. The summed E-state index contributed by atoms with van der Waals surface area (Å²) in [6, 6.07) is 22.7. The maximum Gasteiger partial charge on any atom is 0.237 e. The zero-order chi connectivity index (χ0) is 23.8. The number of carbonyl (C=O) groups excluding carboxylic acids is 2. The largest absolute Gasteiger partial charge is 0.332 e.